The molecule has 2 rings (SSSR count). The quantitative estimate of drug-likeness (QED) is 0.659. The van der Waals surface area contributed by atoms with E-state index in [4.69, 9.17) is 15.2 Å². The Balaban J connectivity index is 2.41. The summed E-state index contributed by atoms with van der Waals surface area (Å²) in [6.07, 6.45) is 0. The second-order valence-electron chi connectivity index (χ2n) is 4.46. The van der Waals surface area contributed by atoms with Crippen molar-refractivity contribution in [2.45, 2.75) is 13.8 Å². The molecule has 0 radical (unpaired) electrons. The lowest BCUT2D eigenvalue weighted by atomic mass is 10.1. The number of para-hydroxylation sites is 1. The van der Waals surface area contributed by atoms with Gasteiger partial charge >= 0.3 is 5.97 Å². The fourth-order valence-electron chi connectivity index (χ4n) is 1.88. The lowest BCUT2D eigenvalue weighted by Crippen LogP contribution is -2.08. The average molecular weight is 350 g/mol. The first-order valence-electron chi connectivity index (χ1n) is 6.52. The number of aryl methyl sites for hydroxylation is 1. The fourth-order valence-corrected chi connectivity index (χ4v) is 2.35. The van der Waals surface area contributed by atoms with Crippen LogP contribution in [-0.4, -0.2) is 12.6 Å². The highest BCUT2D eigenvalue weighted by molar-refractivity contribution is 9.10. The number of ether oxygens (including phenoxy) is 2. The van der Waals surface area contributed by atoms with E-state index in [0.29, 0.717) is 29.4 Å². The molecule has 0 amide bonds. The van der Waals surface area contributed by atoms with Crippen molar-refractivity contribution >= 4 is 27.6 Å². The summed E-state index contributed by atoms with van der Waals surface area (Å²) in [5, 5.41) is 0. The van der Waals surface area contributed by atoms with Gasteiger partial charge in [-0.3, -0.25) is 0 Å². The molecule has 21 heavy (non-hydrogen) atoms. The van der Waals surface area contributed by atoms with Crippen LogP contribution in [0.25, 0.3) is 0 Å². The number of carbonyl (C=O) groups excluding carboxylic acids is 1. The summed E-state index contributed by atoms with van der Waals surface area (Å²) in [4.78, 5) is 12.0. The first kappa shape index (κ1) is 15.4. The molecule has 0 aromatic heterocycles. The molecule has 0 aliphatic rings. The van der Waals surface area contributed by atoms with Gasteiger partial charge < -0.3 is 15.2 Å². The van der Waals surface area contributed by atoms with Crippen LogP contribution < -0.4 is 10.5 Å². The smallest absolute Gasteiger partial charge is 0.342 e. The molecule has 0 aliphatic carbocycles. The summed E-state index contributed by atoms with van der Waals surface area (Å²) in [7, 11) is 0. The molecule has 0 atom stereocenters. The molecule has 0 heterocycles. The largest absolute Gasteiger partial charge is 0.462 e. The van der Waals surface area contributed by atoms with Crippen LogP contribution in [0.3, 0.4) is 0 Å². The van der Waals surface area contributed by atoms with Gasteiger partial charge in [0.25, 0.3) is 0 Å². The third kappa shape index (κ3) is 3.55. The second kappa shape index (κ2) is 6.63. The molecule has 0 unspecified atom stereocenters. The molecule has 2 aromatic rings. The van der Waals surface area contributed by atoms with E-state index in [1.165, 1.54) is 0 Å². The van der Waals surface area contributed by atoms with E-state index in [9.17, 15) is 4.79 Å². The third-order valence-electron chi connectivity index (χ3n) is 2.89. The molecule has 0 fully saturated rings. The first-order chi connectivity index (χ1) is 10.0. The zero-order chi connectivity index (χ0) is 15.4. The summed E-state index contributed by atoms with van der Waals surface area (Å²) in [6, 6.07) is 10.6. The van der Waals surface area contributed by atoms with E-state index in [0.717, 1.165) is 10.0 Å². The SMILES string of the molecule is CCOC(=O)c1cccc(N)c1Oc1ccc(Br)cc1C. The summed E-state index contributed by atoms with van der Waals surface area (Å²) in [5.41, 5.74) is 7.58. The Morgan fingerprint density at radius 2 is 2.05 bits per heavy atom. The van der Waals surface area contributed by atoms with Gasteiger partial charge in [0, 0.05) is 4.47 Å². The van der Waals surface area contributed by atoms with Crippen LogP contribution in [0.15, 0.2) is 40.9 Å². The van der Waals surface area contributed by atoms with Gasteiger partial charge in [0.2, 0.25) is 0 Å². The predicted molar refractivity (Wildman–Crippen MR) is 85.8 cm³/mol. The molecular weight excluding hydrogens is 334 g/mol. The van der Waals surface area contributed by atoms with Gasteiger partial charge in [0.15, 0.2) is 5.75 Å². The van der Waals surface area contributed by atoms with Crippen LogP contribution in [0.5, 0.6) is 11.5 Å². The molecule has 0 spiro atoms. The molecule has 0 aliphatic heterocycles. The van der Waals surface area contributed by atoms with Crippen molar-refractivity contribution in [1.29, 1.82) is 0 Å². The van der Waals surface area contributed by atoms with E-state index in [1.807, 2.05) is 25.1 Å². The van der Waals surface area contributed by atoms with Gasteiger partial charge in [0.1, 0.15) is 11.3 Å². The molecule has 0 bridgehead atoms. The first-order valence-corrected chi connectivity index (χ1v) is 7.31. The molecule has 2 N–H and O–H groups in total. The number of halogens is 1. The van der Waals surface area contributed by atoms with Crippen LogP contribution in [0.2, 0.25) is 0 Å². The Morgan fingerprint density at radius 1 is 1.29 bits per heavy atom. The lowest BCUT2D eigenvalue weighted by molar-refractivity contribution is 0.0523. The van der Waals surface area contributed by atoms with Gasteiger partial charge in [-0.2, -0.15) is 0 Å². The van der Waals surface area contributed by atoms with Crippen molar-refractivity contribution in [3.05, 3.63) is 52.0 Å². The Bertz CT molecular complexity index is 671. The van der Waals surface area contributed by atoms with E-state index in [-0.39, 0.29) is 0 Å². The normalized spacial score (nSPS) is 10.2. The molecule has 0 saturated carbocycles. The number of nitrogens with two attached hydrogens (primary N) is 1. The number of anilines is 1. The number of carbonyl (C=O) groups is 1. The van der Waals surface area contributed by atoms with Crippen molar-refractivity contribution in [2.75, 3.05) is 12.3 Å². The highest BCUT2D eigenvalue weighted by Crippen LogP contribution is 2.34. The highest BCUT2D eigenvalue weighted by Gasteiger charge is 2.17. The van der Waals surface area contributed by atoms with Crippen molar-refractivity contribution in [2.24, 2.45) is 0 Å². The van der Waals surface area contributed by atoms with Crippen LogP contribution in [0.4, 0.5) is 5.69 Å². The molecule has 2 aromatic carbocycles. The number of hydrogen-bond acceptors (Lipinski definition) is 4. The average Bonchev–Trinajstić information content (AvgIpc) is 2.43. The maximum Gasteiger partial charge on any atom is 0.342 e. The van der Waals surface area contributed by atoms with Crippen LogP contribution >= 0.6 is 15.9 Å². The Hall–Kier alpha value is -2.01. The number of hydrogen-bond donors (Lipinski definition) is 1. The van der Waals surface area contributed by atoms with E-state index in [1.54, 1.807) is 25.1 Å². The highest BCUT2D eigenvalue weighted by atomic mass is 79.9. The molecule has 5 heteroatoms. The Labute approximate surface area is 132 Å². The van der Waals surface area contributed by atoms with Crippen molar-refractivity contribution in [1.82, 2.24) is 0 Å². The van der Waals surface area contributed by atoms with Gasteiger partial charge in [-0.1, -0.05) is 22.0 Å². The van der Waals surface area contributed by atoms with E-state index in [2.05, 4.69) is 15.9 Å². The standard InChI is InChI=1S/C16H16BrNO3/c1-3-20-16(19)12-5-4-6-13(18)15(12)21-14-8-7-11(17)9-10(14)2/h4-9H,3,18H2,1-2H3. The lowest BCUT2D eigenvalue weighted by Gasteiger charge is -2.14. The second-order valence-corrected chi connectivity index (χ2v) is 5.37. The summed E-state index contributed by atoms with van der Waals surface area (Å²) in [5.74, 6) is 0.512. The maximum atomic E-state index is 12.0. The van der Waals surface area contributed by atoms with Crippen LogP contribution in [0, 0.1) is 6.92 Å². The van der Waals surface area contributed by atoms with E-state index < -0.39 is 5.97 Å². The van der Waals surface area contributed by atoms with E-state index >= 15 is 0 Å². The topological polar surface area (TPSA) is 61.5 Å². The van der Waals surface area contributed by atoms with Gasteiger partial charge in [-0.15, -0.1) is 0 Å². The minimum atomic E-state index is -0.449. The van der Waals surface area contributed by atoms with Crippen molar-refractivity contribution in [3.63, 3.8) is 0 Å². The van der Waals surface area contributed by atoms with Crippen molar-refractivity contribution < 1.29 is 14.3 Å². The van der Waals surface area contributed by atoms with Gasteiger partial charge in [-0.25, -0.2) is 4.79 Å². The minimum absolute atomic E-state index is 0.296. The molecule has 0 saturated heterocycles. The summed E-state index contributed by atoms with van der Waals surface area (Å²) >= 11 is 3.40. The molecule has 4 nitrogen and oxygen atoms in total. The molecular formula is C16H16BrNO3. The maximum absolute atomic E-state index is 12.0. The van der Waals surface area contributed by atoms with Crippen LogP contribution in [-0.2, 0) is 4.74 Å². The van der Waals surface area contributed by atoms with Gasteiger partial charge in [-0.05, 0) is 49.7 Å². The number of nitrogen functional groups attached to an aromatic ring is 1. The number of benzene rings is 2. The van der Waals surface area contributed by atoms with Crippen LogP contribution in [0.1, 0.15) is 22.8 Å². The fraction of sp³-hybridized carbons (Fsp3) is 0.188. The third-order valence-corrected chi connectivity index (χ3v) is 3.38. The monoisotopic (exact) mass is 349 g/mol. The number of rotatable bonds is 4. The summed E-state index contributed by atoms with van der Waals surface area (Å²) < 4.78 is 11.8. The number of esters is 1. The summed E-state index contributed by atoms with van der Waals surface area (Å²) in [6.45, 7) is 3.97. The zero-order valence-electron chi connectivity index (χ0n) is 11.9. The zero-order valence-corrected chi connectivity index (χ0v) is 13.4. The predicted octanol–water partition coefficient (Wildman–Crippen LogP) is 4.31. The van der Waals surface area contributed by atoms with Gasteiger partial charge in [0.05, 0.1) is 12.3 Å². The Morgan fingerprint density at radius 3 is 2.71 bits per heavy atom. The van der Waals surface area contributed by atoms with Crippen molar-refractivity contribution in [3.8, 4) is 11.5 Å². The Kier molecular flexibility index (Phi) is 4.85. The molecule has 110 valence electrons. The minimum Gasteiger partial charge on any atom is -0.462 e.